The van der Waals surface area contributed by atoms with Crippen LogP contribution < -0.4 is 14.8 Å². The van der Waals surface area contributed by atoms with Crippen molar-refractivity contribution in [3.05, 3.63) is 42.2 Å². The van der Waals surface area contributed by atoms with Crippen molar-refractivity contribution in [1.82, 2.24) is 9.97 Å². The second kappa shape index (κ2) is 6.58. The Labute approximate surface area is 112 Å². The van der Waals surface area contributed by atoms with Crippen molar-refractivity contribution in [1.29, 1.82) is 0 Å². The van der Waals surface area contributed by atoms with Crippen molar-refractivity contribution in [3.63, 3.8) is 0 Å². The average Bonchev–Trinajstić information content (AvgIpc) is 2.46. The van der Waals surface area contributed by atoms with Gasteiger partial charge in [0.25, 0.3) is 0 Å². The molecule has 0 atom stereocenters. The summed E-state index contributed by atoms with van der Waals surface area (Å²) >= 11 is 0. The third-order valence-corrected chi connectivity index (χ3v) is 2.55. The molecule has 0 aliphatic carbocycles. The van der Waals surface area contributed by atoms with Crippen LogP contribution in [-0.2, 0) is 6.61 Å². The average molecular weight is 259 g/mol. The van der Waals surface area contributed by atoms with E-state index in [9.17, 15) is 0 Å². The maximum Gasteiger partial charge on any atom is 0.218 e. The molecule has 0 spiro atoms. The van der Waals surface area contributed by atoms with Gasteiger partial charge in [0.1, 0.15) is 24.5 Å². The highest BCUT2D eigenvalue weighted by Gasteiger charge is 2.00. The minimum Gasteiger partial charge on any atom is -0.497 e. The Morgan fingerprint density at radius 1 is 1.16 bits per heavy atom. The molecule has 5 heteroatoms. The number of nitrogens with one attached hydrogen (secondary N) is 1. The second-order valence-corrected chi connectivity index (χ2v) is 3.91. The molecule has 2 rings (SSSR count). The number of rotatable bonds is 6. The minimum absolute atomic E-state index is 0.465. The molecule has 0 saturated heterocycles. The van der Waals surface area contributed by atoms with Crippen molar-refractivity contribution in [2.45, 2.75) is 13.5 Å². The summed E-state index contributed by atoms with van der Waals surface area (Å²) in [6.45, 7) is 3.29. The first-order chi connectivity index (χ1) is 9.31. The SMILES string of the molecule is CCNc1cc(OCc2ccc(OC)cc2)ncn1. The van der Waals surface area contributed by atoms with Gasteiger partial charge in [-0.1, -0.05) is 12.1 Å². The predicted octanol–water partition coefficient (Wildman–Crippen LogP) is 2.50. The van der Waals surface area contributed by atoms with E-state index in [4.69, 9.17) is 9.47 Å². The highest BCUT2D eigenvalue weighted by molar-refractivity contribution is 5.36. The number of methoxy groups -OCH3 is 1. The van der Waals surface area contributed by atoms with Gasteiger partial charge in [0.2, 0.25) is 5.88 Å². The van der Waals surface area contributed by atoms with Crippen LogP contribution in [0.25, 0.3) is 0 Å². The van der Waals surface area contributed by atoms with Gasteiger partial charge >= 0.3 is 0 Å². The number of hydrogen-bond acceptors (Lipinski definition) is 5. The molecule has 1 aromatic heterocycles. The lowest BCUT2D eigenvalue weighted by Gasteiger charge is -2.07. The lowest BCUT2D eigenvalue weighted by molar-refractivity contribution is 0.293. The number of aromatic nitrogens is 2. The summed E-state index contributed by atoms with van der Waals surface area (Å²) < 4.78 is 10.7. The van der Waals surface area contributed by atoms with Crippen molar-refractivity contribution in [2.75, 3.05) is 19.0 Å². The van der Waals surface area contributed by atoms with E-state index < -0.39 is 0 Å². The van der Waals surface area contributed by atoms with Gasteiger partial charge in [0, 0.05) is 12.6 Å². The van der Waals surface area contributed by atoms with E-state index in [1.807, 2.05) is 31.2 Å². The van der Waals surface area contributed by atoms with Crippen molar-refractivity contribution in [2.24, 2.45) is 0 Å². The van der Waals surface area contributed by atoms with E-state index in [1.54, 1.807) is 13.2 Å². The fourth-order valence-corrected chi connectivity index (χ4v) is 1.58. The molecule has 19 heavy (non-hydrogen) atoms. The fourth-order valence-electron chi connectivity index (χ4n) is 1.58. The largest absolute Gasteiger partial charge is 0.497 e. The quantitative estimate of drug-likeness (QED) is 0.863. The van der Waals surface area contributed by atoms with Gasteiger partial charge in [0.05, 0.1) is 7.11 Å². The number of hydrogen-bond donors (Lipinski definition) is 1. The summed E-state index contributed by atoms with van der Waals surface area (Å²) in [7, 11) is 1.65. The van der Waals surface area contributed by atoms with Crippen LogP contribution in [0.3, 0.4) is 0 Å². The first-order valence-corrected chi connectivity index (χ1v) is 6.13. The number of benzene rings is 1. The van der Waals surface area contributed by atoms with Crippen molar-refractivity contribution in [3.8, 4) is 11.6 Å². The Morgan fingerprint density at radius 2 is 1.95 bits per heavy atom. The smallest absolute Gasteiger partial charge is 0.218 e. The maximum absolute atomic E-state index is 5.62. The summed E-state index contributed by atoms with van der Waals surface area (Å²) in [5.41, 5.74) is 1.06. The van der Waals surface area contributed by atoms with Crippen LogP contribution in [0.5, 0.6) is 11.6 Å². The van der Waals surface area contributed by atoms with Crippen LogP contribution in [0.15, 0.2) is 36.7 Å². The monoisotopic (exact) mass is 259 g/mol. The molecule has 0 aliphatic rings. The van der Waals surface area contributed by atoms with Crippen LogP contribution in [-0.4, -0.2) is 23.6 Å². The molecule has 0 saturated carbocycles. The number of anilines is 1. The van der Waals surface area contributed by atoms with Crippen LogP contribution in [0.1, 0.15) is 12.5 Å². The summed E-state index contributed by atoms with van der Waals surface area (Å²) in [5, 5.41) is 3.11. The normalized spacial score (nSPS) is 10.0. The molecule has 2 aromatic rings. The van der Waals surface area contributed by atoms with Gasteiger partial charge in [-0.2, -0.15) is 0 Å². The van der Waals surface area contributed by atoms with Gasteiger partial charge in [-0.05, 0) is 24.6 Å². The van der Waals surface area contributed by atoms with E-state index >= 15 is 0 Å². The topological polar surface area (TPSA) is 56.3 Å². The highest BCUT2D eigenvalue weighted by Crippen LogP contribution is 2.15. The molecule has 0 amide bonds. The van der Waals surface area contributed by atoms with Gasteiger partial charge in [-0.15, -0.1) is 0 Å². The molecule has 100 valence electrons. The second-order valence-electron chi connectivity index (χ2n) is 3.91. The first kappa shape index (κ1) is 13.1. The van der Waals surface area contributed by atoms with Crippen molar-refractivity contribution < 1.29 is 9.47 Å². The van der Waals surface area contributed by atoms with E-state index in [2.05, 4.69) is 15.3 Å². The zero-order valence-electron chi connectivity index (χ0n) is 11.1. The Morgan fingerprint density at radius 3 is 2.63 bits per heavy atom. The van der Waals surface area contributed by atoms with Crippen molar-refractivity contribution >= 4 is 5.82 Å². The van der Waals surface area contributed by atoms with Gasteiger partial charge in [-0.3, -0.25) is 0 Å². The molecule has 0 radical (unpaired) electrons. The maximum atomic E-state index is 5.62. The summed E-state index contributed by atoms with van der Waals surface area (Å²) in [4.78, 5) is 8.16. The van der Waals surface area contributed by atoms with E-state index in [0.717, 1.165) is 23.7 Å². The predicted molar refractivity (Wildman–Crippen MR) is 73.5 cm³/mol. The van der Waals surface area contributed by atoms with Crippen LogP contribution in [0.4, 0.5) is 5.82 Å². The number of ether oxygens (including phenoxy) is 2. The molecule has 1 aromatic carbocycles. The lowest BCUT2D eigenvalue weighted by Crippen LogP contribution is -2.02. The third-order valence-electron chi connectivity index (χ3n) is 2.55. The molecule has 1 N–H and O–H groups in total. The first-order valence-electron chi connectivity index (χ1n) is 6.13. The molecule has 0 aliphatic heterocycles. The van der Waals surface area contributed by atoms with E-state index in [-0.39, 0.29) is 0 Å². The zero-order chi connectivity index (χ0) is 13.5. The summed E-state index contributed by atoms with van der Waals surface area (Å²) in [5.74, 6) is 2.16. The molecule has 5 nitrogen and oxygen atoms in total. The van der Waals surface area contributed by atoms with Crippen LogP contribution in [0.2, 0.25) is 0 Å². The van der Waals surface area contributed by atoms with Gasteiger partial charge in [-0.25, -0.2) is 9.97 Å². The van der Waals surface area contributed by atoms with Gasteiger partial charge < -0.3 is 14.8 Å². The van der Waals surface area contributed by atoms with Crippen LogP contribution in [0, 0.1) is 0 Å². The Kier molecular flexibility index (Phi) is 4.55. The zero-order valence-corrected chi connectivity index (χ0v) is 11.1. The summed E-state index contributed by atoms with van der Waals surface area (Å²) in [6.07, 6.45) is 1.49. The van der Waals surface area contributed by atoms with E-state index in [0.29, 0.717) is 12.5 Å². The Bertz CT molecular complexity index is 514. The Hall–Kier alpha value is -2.30. The highest BCUT2D eigenvalue weighted by atomic mass is 16.5. The minimum atomic E-state index is 0.465. The molecular weight excluding hydrogens is 242 g/mol. The van der Waals surface area contributed by atoms with E-state index in [1.165, 1.54) is 6.33 Å². The molecule has 0 bridgehead atoms. The standard InChI is InChI=1S/C14H17N3O2/c1-3-15-13-8-14(17-10-16-13)19-9-11-4-6-12(18-2)7-5-11/h4-8,10H,3,9H2,1-2H3,(H,15,16,17). The number of nitrogens with zero attached hydrogens (tertiary/aromatic N) is 2. The lowest BCUT2D eigenvalue weighted by atomic mass is 10.2. The summed E-state index contributed by atoms with van der Waals surface area (Å²) in [6, 6.07) is 9.52. The molecule has 1 heterocycles. The Balaban J connectivity index is 1.95. The van der Waals surface area contributed by atoms with Crippen LogP contribution >= 0.6 is 0 Å². The van der Waals surface area contributed by atoms with Gasteiger partial charge in [0.15, 0.2) is 0 Å². The molecule has 0 fully saturated rings. The fraction of sp³-hybridized carbons (Fsp3) is 0.286. The third kappa shape index (κ3) is 3.84. The molecule has 0 unspecified atom stereocenters. The molecular formula is C14H17N3O2.